The minimum atomic E-state index is -0.0569. The van der Waals surface area contributed by atoms with Crippen molar-refractivity contribution in [3.05, 3.63) is 29.3 Å². The van der Waals surface area contributed by atoms with E-state index >= 15 is 0 Å². The van der Waals surface area contributed by atoms with Crippen LogP contribution in [0.25, 0.3) is 0 Å². The normalized spacial score (nSPS) is 16.1. The highest BCUT2D eigenvalue weighted by atomic mass is 16.5. The van der Waals surface area contributed by atoms with Gasteiger partial charge in [-0.25, -0.2) is 0 Å². The summed E-state index contributed by atoms with van der Waals surface area (Å²) in [5.41, 5.74) is 1.32. The average Bonchev–Trinajstić information content (AvgIpc) is 2.52. The third kappa shape index (κ3) is 3.79. The van der Waals surface area contributed by atoms with Crippen molar-refractivity contribution in [2.75, 3.05) is 40.0 Å². The molecule has 1 aromatic rings. The number of benzene rings is 1. The van der Waals surface area contributed by atoms with E-state index in [-0.39, 0.29) is 12.4 Å². The molecule has 1 N–H and O–H groups in total. The van der Waals surface area contributed by atoms with Crippen molar-refractivity contribution in [1.82, 2.24) is 4.90 Å². The van der Waals surface area contributed by atoms with E-state index in [9.17, 15) is 4.79 Å². The van der Waals surface area contributed by atoms with Crippen LogP contribution in [0, 0.1) is 0 Å². The lowest BCUT2D eigenvalue weighted by molar-refractivity contribution is 0.0370. The number of aliphatic hydroxyl groups excluding tert-OH is 1. The van der Waals surface area contributed by atoms with E-state index in [1.54, 1.807) is 18.2 Å². The molecule has 1 fully saturated rings. The number of aliphatic hydroxyl groups is 1. The lowest BCUT2D eigenvalue weighted by atomic mass is 10.0. The quantitative estimate of drug-likeness (QED) is 0.790. The molecule has 0 amide bonds. The second kappa shape index (κ2) is 7.38. The first-order chi connectivity index (χ1) is 9.74. The highest BCUT2D eigenvalue weighted by Crippen LogP contribution is 2.22. The molecular formula is C15H21NO4. The third-order valence-corrected chi connectivity index (χ3v) is 3.51. The lowest BCUT2D eigenvalue weighted by Crippen LogP contribution is -2.37. The molecule has 0 aliphatic carbocycles. The summed E-state index contributed by atoms with van der Waals surface area (Å²) < 4.78 is 10.5. The highest BCUT2D eigenvalue weighted by molar-refractivity contribution is 5.98. The van der Waals surface area contributed by atoms with Crippen LogP contribution in [0.15, 0.2) is 18.2 Å². The van der Waals surface area contributed by atoms with Gasteiger partial charge in [-0.1, -0.05) is 6.07 Å². The fourth-order valence-electron chi connectivity index (χ4n) is 2.28. The summed E-state index contributed by atoms with van der Waals surface area (Å²) >= 11 is 0. The molecule has 5 heteroatoms. The Labute approximate surface area is 119 Å². The number of rotatable bonds is 6. The molecule has 0 radical (unpaired) electrons. The predicted molar refractivity (Wildman–Crippen MR) is 75.1 cm³/mol. The van der Waals surface area contributed by atoms with Gasteiger partial charge in [-0.15, -0.1) is 0 Å². The first-order valence-corrected chi connectivity index (χ1v) is 6.85. The van der Waals surface area contributed by atoms with Gasteiger partial charge in [0.15, 0.2) is 5.78 Å². The third-order valence-electron chi connectivity index (χ3n) is 3.51. The Hall–Kier alpha value is -1.43. The molecule has 1 saturated heterocycles. The van der Waals surface area contributed by atoms with Crippen LogP contribution in [-0.2, 0) is 11.3 Å². The van der Waals surface area contributed by atoms with Crippen LogP contribution in [0.3, 0.4) is 0 Å². The molecule has 0 aromatic heterocycles. The SMILES string of the molecule is COc1cc(CO)ccc1C(=O)CCN1CCOCC1. The molecule has 1 heterocycles. The summed E-state index contributed by atoms with van der Waals surface area (Å²) in [4.78, 5) is 14.5. The Morgan fingerprint density at radius 2 is 2.15 bits per heavy atom. The number of hydrogen-bond acceptors (Lipinski definition) is 5. The van der Waals surface area contributed by atoms with Crippen molar-refractivity contribution in [3.63, 3.8) is 0 Å². The van der Waals surface area contributed by atoms with Gasteiger partial charge in [-0.2, -0.15) is 0 Å². The van der Waals surface area contributed by atoms with E-state index in [1.807, 2.05) is 0 Å². The molecule has 1 aliphatic rings. The number of methoxy groups -OCH3 is 1. The monoisotopic (exact) mass is 279 g/mol. The number of carbonyl (C=O) groups is 1. The first kappa shape index (κ1) is 15.0. The van der Waals surface area contributed by atoms with Crippen molar-refractivity contribution in [1.29, 1.82) is 0 Å². The summed E-state index contributed by atoms with van der Waals surface area (Å²) in [6, 6.07) is 5.19. The van der Waals surface area contributed by atoms with Gasteiger partial charge in [0.05, 0.1) is 32.5 Å². The van der Waals surface area contributed by atoms with E-state index in [2.05, 4.69) is 4.90 Å². The molecule has 1 aromatic carbocycles. The molecule has 0 saturated carbocycles. The maximum absolute atomic E-state index is 12.3. The summed E-state index contributed by atoms with van der Waals surface area (Å²) in [6.45, 7) is 3.93. The number of ether oxygens (including phenoxy) is 2. The molecule has 20 heavy (non-hydrogen) atoms. The van der Waals surface area contributed by atoms with Crippen LogP contribution in [0.1, 0.15) is 22.3 Å². The van der Waals surface area contributed by atoms with Crippen LogP contribution in [0.4, 0.5) is 0 Å². The summed E-state index contributed by atoms with van der Waals surface area (Å²) in [5.74, 6) is 0.598. The van der Waals surface area contributed by atoms with Crippen molar-refractivity contribution in [2.24, 2.45) is 0 Å². The fourth-order valence-corrected chi connectivity index (χ4v) is 2.28. The van der Waals surface area contributed by atoms with Crippen LogP contribution >= 0.6 is 0 Å². The van der Waals surface area contributed by atoms with Crippen LogP contribution in [0.2, 0.25) is 0 Å². The van der Waals surface area contributed by atoms with Crippen LogP contribution < -0.4 is 4.74 Å². The maximum atomic E-state index is 12.3. The van der Waals surface area contributed by atoms with Crippen molar-refractivity contribution >= 4 is 5.78 Å². The van der Waals surface area contributed by atoms with Gasteiger partial charge in [-0.3, -0.25) is 9.69 Å². The Bertz CT molecular complexity index is 455. The minimum absolute atomic E-state index is 0.0569. The summed E-state index contributed by atoms with van der Waals surface area (Å²) in [5, 5.41) is 9.10. The predicted octanol–water partition coefficient (Wildman–Crippen LogP) is 1.09. The Morgan fingerprint density at radius 1 is 1.40 bits per heavy atom. The average molecular weight is 279 g/mol. The van der Waals surface area contributed by atoms with Gasteiger partial charge in [0.1, 0.15) is 5.75 Å². The van der Waals surface area contributed by atoms with Crippen LogP contribution in [-0.4, -0.2) is 55.7 Å². The number of Topliss-reactive ketones (excluding diaryl/α,β-unsaturated/α-hetero) is 1. The zero-order chi connectivity index (χ0) is 14.4. The molecule has 0 spiro atoms. The number of ketones is 1. The molecule has 0 unspecified atom stereocenters. The van der Waals surface area contributed by atoms with Crippen molar-refractivity contribution < 1.29 is 19.4 Å². The summed E-state index contributed by atoms with van der Waals surface area (Å²) in [7, 11) is 1.54. The Kier molecular flexibility index (Phi) is 5.52. The molecule has 0 bridgehead atoms. The molecule has 0 atom stereocenters. The lowest BCUT2D eigenvalue weighted by Gasteiger charge is -2.26. The molecule has 5 nitrogen and oxygen atoms in total. The smallest absolute Gasteiger partial charge is 0.167 e. The molecule has 2 rings (SSSR count). The van der Waals surface area contributed by atoms with Gasteiger partial charge in [0, 0.05) is 26.1 Å². The topological polar surface area (TPSA) is 59.0 Å². The highest BCUT2D eigenvalue weighted by Gasteiger charge is 2.16. The number of morpholine rings is 1. The molecular weight excluding hydrogens is 258 g/mol. The minimum Gasteiger partial charge on any atom is -0.496 e. The number of nitrogens with zero attached hydrogens (tertiary/aromatic N) is 1. The Morgan fingerprint density at radius 3 is 2.80 bits per heavy atom. The van der Waals surface area contributed by atoms with E-state index < -0.39 is 0 Å². The standard InChI is InChI=1S/C15H21NO4/c1-19-15-10-12(11-17)2-3-13(15)14(18)4-5-16-6-8-20-9-7-16/h2-3,10,17H,4-9,11H2,1H3. The molecule has 110 valence electrons. The van der Waals surface area contributed by atoms with Gasteiger partial charge < -0.3 is 14.6 Å². The van der Waals surface area contributed by atoms with E-state index in [0.717, 1.165) is 38.4 Å². The molecule has 1 aliphatic heterocycles. The zero-order valence-electron chi connectivity index (χ0n) is 11.8. The first-order valence-electron chi connectivity index (χ1n) is 6.85. The van der Waals surface area contributed by atoms with Gasteiger partial charge in [0.25, 0.3) is 0 Å². The van der Waals surface area contributed by atoms with E-state index in [0.29, 0.717) is 17.7 Å². The second-order valence-electron chi connectivity index (χ2n) is 4.82. The van der Waals surface area contributed by atoms with Crippen molar-refractivity contribution in [3.8, 4) is 5.75 Å². The zero-order valence-corrected chi connectivity index (χ0v) is 11.8. The van der Waals surface area contributed by atoms with Gasteiger partial charge in [0.2, 0.25) is 0 Å². The van der Waals surface area contributed by atoms with Gasteiger partial charge in [-0.05, 0) is 17.7 Å². The largest absolute Gasteiger partial charge is 0.496 e. The van der Waals surface area contributed by atoms with E-state index in [1.165, 1.54) is 7.11 Å². The van der Waals surface area contributed by atoms with Crippen molar-refractivity contribution in [2.45, 2.75) is 13.0 Å². The maximum Gasteiger partial charge on any atom is 0.167 e. The number of hydrogen-bond donors (Lipinski definition) is 1. The fraction of sp³-hybridized carbons (Fsp3) is 0.533. The van der Waals surface area contributed by atoms with E-state index in [4.69, 9.17) is 14.6 Å². The summed E-state index contributed by atoms with van der Waals surface area (Å²) in [6.07, 6.45) is 0.467. The number of carbonyl (C=O) groups excluding carboxylic acids is 1. The Balaban J connectivity index is 1.97. The van der Waals surface area contributed by atoms with Gasteiger partial charge >= 0.3 is 0 Å². The van der Waals surface area contributed by atoms with Crippen LogP contribution in [0.5, 0.6) is 5.75 Å². The second-order valence-corrected chi connectivity index (χ2v) is 4.82.